The van der Waals surface area contributed by atoms with Gasteiger partial charge in [0.15, 0.2) is 6.29 Å². The van der Waals surface area contributed by atoms with Crippen LogP contribution in [0.1, 0.15) is 16.8 Å². The summed E-state index contributed by atoms with van der Waals surface area (Å²) in [4.78, 5) is 37.0. The smallest absolute Gasteiger partial charge is 0.316 e. The van der Waals surface area contributed by atoms with E-state index in [1.54, 1.807) is 48.5 Å². The molecule has 1 aliphatic rings. The lowest BCUT2D eigenvalue weighted by atomic mass is 10.1. The number of carbonyl (C=O) groups excluding carboxylic acids is 3. The van der Waals surface area contributed by atoms with Gasteiger partial charge in [-0.15, -0.1) is 0 Å². The van der Waals surface area contributed by atoms with E-state index in [-0.39, 0.29) is 30.2 Å². The number of hydrogen-bond acceptors (Lipinski definition) is 4. The van der Waals surface area contributed by atoms with Gasteiger partial charge in [-0.05, 0) is 24.3 Å². The number of benzene rings is 2. The minimum atomic E-state index is -0.603. The average Bonchev–Trinajstić information content (AvgIpc) is 2.97. The summed E-state index contributed by atoms with van der Waals surface area (Å²) in [5.41, 5.74) is 0.867. The first kappa shape index (κ1) is 16.2. The van der Waals surface area contributed by atoms with Crippen molar-refractivity contribution in [2.24, 2.45) is 5.92 Å². The Morgan fingerprint density at radius 1 is 1.17 bits per heavy atom. The van der Waals surface area contributed by atoms with Gasteiger partial charge in [-0.25, -0.2) is 0 Å². The lowest BCUT2D eigenvalue weighted by Gasteiger charge is -2.17. The number of nitrogens with zero attached hydrogens (tertiary/aromatic N) is 1. The Kier molecular flexibility index (Phi) is 4.62. The number of para-hydroxylation sites is 2. The largest absolute Gasteiger partial charge is 0.425 e. The highest BCUT2D eigenvalue weighted by Crippen LogP contribution is 2.31. The van der Waals surface area contributed by atoms with Gasteiger partial charge in [-0.1, -0.05) is 35.9 Å². The number of anilines is 1. The first-order valence-electron chi connectivity index (χ1n) is 7.41. The Morgan fingerprint density at radius 2 is 1.88 bits per heavy atom. The number of hydrogen-bond donors (Lipinski definition) is 0. The number of halogens is 1. The maximum atomic E-state index is 12.3. The molecule has 1 saturated heterocycles. The van der Waals surface area contributed by atoms with Gasteiger partial charge in [-0.2, -0.15) is 0 Å². The van der Waals surface area contributed by atoms with Gasteiger partial charge in [0.25, 0.3) is 0 Å². The number of ether oxygens (including phenoxy) is 1. The van der Waals surface area contributed by atoms with Crippen LogP contribution in [0.3, 0.4) is 0 Å². The standard InChI is InChI=1S/C18H14ClNO4/c19-14-6-2-3-7-15(14)20-10-13(9-17(20)22)18(23)24-16-8-4-1-5-12(16)11-21/h1-8,11,13H,9-10H2/t13-/m1/s1. The van der Waals surface area contributed by atoms with Crippen molar-refractivity contribution in [3.63, 3.8) is 0 Å². The predicted octanol–water partition coefficient (Wildman–Crippen LogP) is 3.11. The first-order chi connectivity index (χ1) is 11.6. The molecule has 1 amide bonds. The third-order valence-corrected chi connectivity index (χ3v) is 4.18. The first-order valence-corrected chi connectivity index (χ1v) is 7.78. The van der Waals surface area contributed by atoms with Crippen LogP contribution in [-0.4, -0.2) is 24.7 Å². The zero-order chi connectivity index (χ0) is 17.1. The zero-order valence-corrected chi connectivity index (χ0v) is 13.4. The molecule has 5 nitrogen and oxygen atoms in total. The van der Waals surface area contributed by atoms with Crippen LogP contribution in [0.5, 0.6) is 5.75 Å². The number of rotatable bonds is 4. The van der Waals surface area contributed by atoms with E-state index in [0.29, 0.717) is 17.0 Å². The van der Waals surface area contributed by atoms with E-state index in [0.717, 1.165) is 0 Å². The van der Waals surface area contributed by atoms with Crippen LogP contribution >= 0.6 is 11.6 Å². The van der Waals surface area contributed by atoms with E-state index in [9.17, 15) is 14.4 Å². The van der Waals surface area contributed by atoms with E-state index < -0.39 is 11.9 Å². The number of esters is 1. The van der Waals surface area contributed by atoms with E-state index in [1.807, 2.05) is 0 Å². The molecule has 2 aromatic carbocycles. The fraction of sp³-hybridized carbons (Fsp3) is 0.167. The van der Waals surface area contributed by atoms with E-state index >= 15 is 0 Å². The molecule has 3 rings (SSSR count). The molecule has 0 N–H and O–H groups in total. The Balaban J connectivity index is 1.75. The number of aldehydes is 1. The minimum absolute atomic E-state index is 0.0489. The maximum absolute atomic E-state index is 12.3. The molecule has 0 aromatic heterocycles. The summed E-state index contributed by atoms with van der Waals surface area (Å²) in [5, 5.41) is 0.450. The molecule has 24 heavy (non-hydrogen) atoms. The Bertz CT molecular complexity index is 805. The molecule has 1 fully saturated rings. The van der Waals surface area contributed by atoms with Crippen LogP contribution in [0.2, 0.25) is 5.02 Å². The number of amides is 1. The highest BCUT2D eigenvalue weighted by molar-refractivity contribution is 6.33. The molecule has 0 bridgehead atoms. The van der Waals surface area contributed by atoms with Gasteiger partial charge in [0.2, 0.25) is 5.91 Å². The molecule has 1 heterocycles. The van der Waals surface area contributed by atoms with Gasteiger partial charge in [0.05, 0.1) is 22.2 Å². The summed E-state index contributed by atoms with van der Waals surface area (Å²) in [6.45, 7) is 0.199. The molecular weight excluding hydrogens is 330 g/mol. The number of carbonyl (C=O) groups is 3. The maximum Gasteiger partial charge on any atom is 0.316 e. The highest BCUT2D eigenvalue weighted by atomic mass is 35.5. The summed E-state index contributed by atoms with van der Waals surface area (Å²) in [5.74, 6) is -1.13. The fourth-order valence-corrected chi connectivity index (χ4v) is 2.87. The molecule has 0 unspecified atom stereocenters. The van der Waals surface area contributed by atoms with Crippen molar-refractivity contribution in [1.29, 1.82) is 0 Å². The predicted molar refractivity (Wildman–Crippen MR) is 89.4 cm³/mol. The van der Waals surface area contributed by atoms with Crippen LogP contribution in [-0.2, 0) is 9.59 Å². The van der Waals surface area contributed by atoms with Gasteiger partial charge in [0.1, 0.15) is 5.75 Å². The second-order valence-corrected chi connectivity index (χ2v) is 5.84. The van der Waals surface area contributed by atoms with E-state index in [1.165, 1.54) is 4.90 Å². The van der Waals surface area contributed by atoms with Crippen molar-refractivity contribution < 1.29 is 19.1 Å². The molecule has 0 aliphatic carbocycles. The lowest BCUT2D eigenvalue weighted by molar-refractivity contribution is -0.139. The monoisotopic (exact) mass is 343 g/mol. The molecule has 1 aliphatic heterocycles. The van der Waals surface area contributed by atoms with Crippen LogP contribution in [0.4, 0.5) is 5.69 Å². The summed E-state index contributed by atoms with van der Waals surface area (Å²) >= 11 is 6.12. The summed E-state index contributed by atoms with van der Waals surface area (Å²) < 4.78 is 5.30. The summed E-state index contributed by atoms with van der Waals surface area (Å²) in [6.07, 6.45) is 0.672. The normalized spacial score (nSPS) is 17.0. The summed E-state index contributed by atoms with van der Waals surface area (Å²) in [6, 6.07) is 13.4. The minimum Gasteiger partial charge on any atom is -0.425 e. The topological polar surface area (TPSA) is 63.7 Å². The highest BCUT2D eigenvalue weighted by Gasteiger charge is 2.37. The van der Waals surface area contributed by atoms with E-state index in [2.05, 4.69) is 0 Å². The van der Waals surface area contributed by atoms with Crippen molar-refractivity contribution >= 4 is 35.5 Å². The second kappa shape index (κ2) is 6.84. The molecule has 0 saturated carbocycles. The van der Waals surface area contributed by atoms with Gasteiger partial charge >= 0.3 is 5.97 Å². The van der Waals surface area contributed by atoms with E-state index in [4.69, 9.17) is 16.3 Å². The Labute approximate surface area is 143 Å². The van der Waals surface area contributed by atoms with Gasteiger partial charge in [-0.3, -0.25) is 14.4 Å². The average molecular weight is 344 g/mol. The van der Waals surface area contributed by atoms with Crippen LogP contribution in [0.25, 0.3) is 0 Å². The molecular formula is C18H14ClNO4. The quantitative estimate of drug-likeness (QED) is 0.486. The molecule has 2 aromatic rings. The van der Waals surface area contributed by atoms with Crippen molar-refractivity contribution in [2.45, 2.75) is 6.42 Å². The van der Waals surface area contributed by atoms with Gasteiger partial charge in [0, 0.05) is 13.0 Å². The summed E-state index contributed by atoms with van der Waals surface area (Å²) in [7, 11) is 0. The third-order valence-electron chi connectivity index (χ3n) is 3.86. The molecule has 0 spiro atoms. The van der Waals surface area contributed by atoms with Crippen LogP contribution < -0.4 is 9.64 Å². The van der Waals surface area contributed by atoms with Crippen LogP contribution in [0.15, 0.2) is 48.5 Å². The lowest BCUT2D eigenvalue weighted by Crippen LogP contribution is -2.27. The van der Waals surface area contributed by atoms with Crippen molar-refractivity contribution in [3.05, 3.63) is 59.1 Å². The van der Waals surface area contributed by atoms with Gasteiger partial charge < -0.3 is 9.64 Å². The van der Waals surface area contributed by atoms with Crippen LogP contribution in [0, 0.1) is 5.92 Å². The molecule has 1 atom stereocenters. The van der Waals surface area contributed by atoms with Crippen molar-refractivity contribution in [3.8, 4) is 5.75 Å². The van der Waals surface area contributed by atoms with Crippen molar-refractivity contribution in [1.82, 2.24) is 0 Å². The SMILES string of the molecule is O=Cc1ccccc1OC(=O)[C@@H]1CC(=O)N(c2ccccc2Cl)C1. The molecule has 122 valence electrons. The Hall–Kier alpha value is -2.66. The second-order valence-electron chi connectivity index (χ2n) is 5.43. The fourth-order valence-electron chi connectivity index (χ4n) is 2.63. The third kappa shape index (κ3) is 3.16. The Morgan fingerprint density at radius 3 is 2.62 bits per heavy atom. The van der Waals surface area contributed by atoms with Crippen molar-refractivity contribution in [2.75, 3.05) is 11.4 Å². The molecule has 0 radical (unpaired) electrons. The molecule has 6 heteroatoms. The zero-order valence-electron chi connectivity index (χ0n) is 12.6.